The molecule has 4 rings (SSSR count). The number of rotatable bonds is 3. The van der Waals surface area contributed by atoms with Crippen molar-refractivity contribution < 1.29 is 9.53 Å². The number of aromatic nitrogens is 4. The van der Waals surface area contributed by atoms with Crippen molar-refractivity contribution in [2.24, 2.45) is 5.92 Å². The Bertz CT molecular complexity index is 695. The van der Waals surface area contributed by atoms with E-state index >= 15 is 0 Å². The van der Waals surface area contributed by atoms with E-state index in [1.165, 1.54) is 6.42 Å². The first kappa shape index (κ1) is 12.5. The van der Waals surface area contributed by atoms with Crippen molar-refractivity contribution in [2.45, 2.75) is 32.1 Å². The molecule has 2 atom stereocenters. The van der Waals surface area contributed by atoms with E-state index in [2.05, 4.69) is 15.1 Å². The summed E-state index contributed by atoms with van der Waals surface area (Å²) in [6, 6.07) is 0. The maximum absolute atomic E-state index is 12.1. The van der Waals surface area contributed by atoms with Crippen LogP contribution < -0.4 is 0 Å². The van der Waals surface area contributed by atoms with Crippen molar-refractivity contribution in [2.75, 3.05) is 6.61 Å². The monoisotopic (exact) mass is 284 g/mol. The third kappa shape index (κ3) is 1.93. The smallest absolute Gasteiger partial charge is 0.359 e. The van der Waals surface area contributed by atoms with Crippen molar-refractivity contribution in [1.29, 1.82) is 0 Å². The molecular weight excluding hydrogens is 268 g/mol. The van der Waals surface area contributed by atoms with Crippen LogP contribution in [0.25, 0.3) is 5.82 Å². The van der Waals surface area contributed by atoms with Gasteiger partial charge in [0.05, 0.1) is 18.5 Å². The standard InChI is InChI=1S/C15H16N4O2/c1-2-21-15(20)13-10-4-3-9-7-11(9)14(10)19(18-13)12-8-16-5-6-17-12/h5-6,8-9,11H,2-4,7H2,1H3. The van der Waals surface area contributed by atoms with E-state index in [0.29, 0.717) is 24.0 Å². The van der Waals surface area contributed by atoms with Gasteiger partial charge in [-0.1, -0.05) is 0 Å². The molecule has 1 saturated carbocycles. The Hall–Kier alpha value is -2.24. The first-order chi connectivity index (χ1) is 10.3. The van der Waals surface area contributed by atoms with Crippen LogP contribution in [-0.4, -0.2) is 32.3 Å². The van der Waals surface area contributed by atoms with Gasteiger partial charge >= 0.3 is 5.97 Å². The molecule has 6 heteroatoms. The summed E-state index contributed by atoms with van der Waals surface area (Å²) in [4.78, 5) is 20.6. The fourth-order valence-corrected chi connectivity index (χ4v) is 3.26. The molecule has 2 heterocycles. The SMILES string of the molecule is CCOC(=O)c1nn(-c2cnccn2)c2c1CCC1CC21. The minimum atomic E-state index is -0.338. The normalized spacial score (nSPS) is 22.3. The third-order valence-corrected chi connectivity index (χ3v) is 4.30. The lowest BCUT2D eigenvalue weighted by molar-refractivity contribution is 0.0517. The summed E-state index contributed by atoms with van der Waals surface area (Å²) in [6.07, 6.45) is 8.16. The molecule has 0 saturated heterocycles. The van der Waals surface area contributed by atoms with Crippen LogP contribution in [0.15, 0.2) is 18.6 Å². The first-order valence-electron chi connectivity index (χ1n) is 7.35. The van der Waals surface area contributed by atoms with Crippen molar-refractivity contribution in [3.8, 4) is 5.82 Å². The Labute approximate surface area is 122 Å². The van der Waals surface area contributed by atoms with E-state index in [-0.39, 0.29) is 5.97 Å². The van der Waals surface area contributed by atoms with Crippen LogP contribution in [0.2, 0.25) is 0 Å². The lowest BCUT2D eigenvalue weighted by Crippen LogP contribution is -2.10. The van der Waals surface area contributed by atoms with Gasteiger partial charge in [0.15, 0.2) is 11.5 Å². The summed E-state index contributed by atoms with van der Waals surface area (Å²) in [6.45, 7) is 2.17. The fraction of sp³-hybridized carbons (Fsp3) is 0.467. The van der Waals surface area contributed by atoms with Gasteiger partial charge in [-0.15, -0.1) is 0 Å². The molecular formula is C15H16N4O2. The molecule has 2 aliphatic carbocycles. The van der Waals surface area contributed by atoms with Crippen molar-refractivity contribution >= 4 is 5.97 Å². The van der Waals surface area contributed by atoms with Crippen LogP contribution in [0.4, 0.5) is 0 Å². The maximum atomic E-state index is 12.1. The Balaban J connectivity index is 1.86. The third-order valence-electron chi connectivity index (χ3n) is 4.30. The Kier molecular flexibility index (Phi) is 2.77. The molecule has 2 unspecified atom stereocenters. The molecule has 0 aromatic carbocycles. The average molecular weight is 284 g/mol. The molecule has 2 aliphatic rings. The summed E-state index contributed by atoms with van der Waals surface area (Å²) in [5, 5.41) is 4.50. The van der Waals surface area contributed by atoms with Gasteiger partial charge in [-0.05, 0) is 32.1 Å². The molecule has 0 amide bonds. The number of carbonyl (C=O) groups excluding carboxylic acids is 1. The highest BCUT2D eigenvalue weighted by Gasteiger charge is 2.47. The van der Waals surface area contributed by atoms with Gasteiger partial charge in [0, 0.05) is 23.9 Å². The molecule has 0 bridgehead atoms. The van der Waals surface area contributed by atoms with Gasteiger partial charge in [0.1, 0.15) is 0 Å². The van der Waals surface area contributed by atoms with E-state index in [1.54, 1.807) is 30.2 Å². The van der Waals surface area contributed by atoms with Crippen LogP contribution in [0.5, 0.6) is 0 Å². The molecule has 0 spiro atoms. The Morgan fingerprint density at radius 3 is 3.14 bits per heavy atom. The number of carbonyl (C=O) groups is 1. The highest BCUT2D eigenvalue weighted by Crippen LogP contribution is 2.55. The summed E-state index contributed by atoms with van der Waals surface area (Å²) >= 11 is 0. The van der Waals surface area contributed by atoms with Gasteiger partial charge in [0.25, 0.3) is 0 Å². The molecule has 6 nitrogen and oxygen atoms in total. The van der Waals surface area contributed by atoms with Gasteiger partial charge in [-0.25, -0.2) is 14.5 Å². The van der Waals surface area contributed by atoms with E-state index in [9.17, 15) is 4.79 Å². The molecule has 0 N–H and O–H groups in total. The van der Waals surface area contributed by atoms with Crippen LogP contribution in [0.3, 0.4) is 0 Å². The van der Waals surface area contributed by atoms with Crippen molar-refractivity contribution in [3.05, 3.63) is 35.5 Å². The predicted molar refractivity (Wildman–Crippen MR) is 74.3 cm³/mol. The zero-order valence-corrected chi connectivity index (χ0v) is 11.8. The summed E-state index contributed by atoms with van der Waals surface area (Å²) < 4.78 is 6.93. The number of esters is 1. The highest BCUT2D eigenvalue weighted by molar-refractivity contribution is 5.89. The zero-order chi connectivity index (χ0) is 14.4. The van der Waals surface area contributed by atoms with Crippen molar-refractivity contribution in [3.63, 3.8) is 0 Å². The number of hydrogen-bond acceptors (Lipinski definition) is 5. The number of hydrogen-bond donors (Lipinski definition) is 0. The van der Waals surface area contributed by atoms with Crippen LogP contribution in [-0.2, 0) is 11.2 Å². The molecule has 108 valence electrons. The number of nitrogens with zero attached hydrogens (tertiary/aromatic N) is 4. The zero-order valence-electron chi connectivity index (χ0n) is 11.8. The van der Waals surface area contributed by atoms with E-state index in [4.69, 9.17) is 4.74 Å². The summed E-state index contributed by atoms with van der Waals surface area (Å²) in [5.74, 6) is 1.57. The fourth-order valence-electron chi connectivity index (χ4n) is 3.26. The van der Waals surface area contributed by atoms with Crippen LogP contribution >= 0.6 is 0 Å². The summed E-state index contributed by atoms with van der Waals surface area (Å²) in [7, 11) is 0. The minimum absolute atomic E-state index is 0.338. The largest absolute Gasteiger partial charge is 0.461 e. The average Bonchev–Trinajstić information content (AvgIpc) is 3.20. The molecule has 0 aliphatic heterocycles. The van der Waals surface area contributed by atoms with Crippen LogP contribution in [0.1, 0.15) is 47.4 Å². The second-order valence-electron chi connectivity index (χ2n) is 5.55. The molecule has 2 aromatic heterocycles. The van der Waals surface area contributed by atoms with E-state index in [0.717, 1.165) is 30.0 Å². The molecule has 21 heavy (non-hydrogen) atoms. The van der Waals surface area contributed by atoms with Gasteiger partial charge < -0.3 is 4.74 Å². The molecule has 2 aromatic rings. The Morgan fingerprint density at radius 2 is 2.38 bits per heavy atom. The summed E-state index contributed by atoms with van der Waals surface area (Å²) in [5.41, 5.74) is 2.62. The quantitative estimate of drug-likeness (QED) is 0.805. The molecule has 1 fully saturated rings. The predicted octanol–water partition coefficient (Wildman–Crippen LogP) is 1.89. The van der Waals surface area contributed by atoms with Gasteiger partial charge in [0.2, 0.25) is 0 Å². The van der Waals surface area contributed by atoms with E-state index in [1.807, 2.05) is 0 Å². The molecule has 0 radical (unpaired) electrons. The van der Waals surface area contributed by atoms with Gasteiger partial charge in [-0.3, -0.25) is 4.98 Å². The lowest BCUT2D eigenvalue weighted by atomic mass is 9.95. The number of fused-ring (bicyclic) bond motifs is 3. The topological polar surface area (TPSA) is 69.9 Å². The van der Waals surface area contributed by atoms with Crippen LogP contribution in [0, 0.1) is 5.92 Å². The second-order valence-corrected chi connectivity index (χ2v) is 5.55. The van der Waals surface area contributed by atoms with Crippen molar-refractivity contribution in [1.82, 2.24) is 19.7 Å². The van der Waals surface area contributed by atoms with E-state index < -0.39 is 0 Å². The Morgan fingerprint density at radius 1 is 1.48 bits per heavy atom. The highest BCUT2D eigenvalue weighted by atomic mass is 16.5. The minimum Gasteiger partial charge on any atom is -0.461 e. The first-order valence-corrected chi connectivity index (χ1v) is 7.35. The lowest BCUT2D eigenvalue weighted by Gasteiger charge is -2.12. The number of ether oxygens (including phenoxy) is 1. The van der Waals surface area contributed by atoms with Gasteiger partial charge in [-0.2, -0.15) is 5.10 Å². The second kappa shape index (κ2) is 4.65. The maximum Gasteiger partial charge on any atom is 0.359 e.